The number of carbonyl (C=O) groups excluding carboxylic acids is 1. The Bertz CT molecular complexity index is 629. The van der Waals surface area contributed by atoms with Gasteiger partial charge in [-0.05, 0) is 49.9 Å². The SMILES string of the molecule is Cc1ccc(-c2nnc(NC(=O)C3CC3)o2)cc1C. The van der Waals surface area contributed by atoms with Gasteiger partial charge in [0.15, 0.2) is 0 Å². The van der Waals surface area contributed by atoms with Crippen molar-refractivity contribution in [3.8, 4) is 11.5 Å². The van der Waals surface area contributed by atoms with E-state index in [-0.39, 0.29) is 17.8 Å². The first-order valence-electron chi connectivity index (χ1n) is 6.35. The maximum absolute atomic E-state index is 11.6. The predicted molar refractivity (Wildman–Crippen MR) is 70.6 cm³/mol. The molecule has 0 radical (unpaired) electrons. The van der Waals surface area contributed by atoms with Crippen molar-refractivity contribution in [1.29, 1.82) is 0 Å². The molecule has 19 heavy (non-hydrogen) atoms. The summed E-state index contributed by atoms with van der Waals surface area (Å²) < 4.78 is 5.46. The molecule has 0 bridgehead atoms. The summed E-state index contributed by atoms with van der Waals surface area (Å²) in [5.41, 5.74) is 3.24. The Morgan fingerprint density at radius 3 is 2.74 bits per heavy atom. The van der Waals surface area contributed by atoms with E-state index < -0.39 is 0 Å². The molecule has 1 fully saturated rings. The minimum absolute atomic E-state index is 0.0321. The van der Waals surface area contributed by atoms with E-state index in [0.717, 1.165) is 18.4 Å². The zero-order valence-electron chi connectivity index (χ0n) is 10.9. The molecule has 5 nitrogen and oxygen atoms in total. The van der Waals surface area contributed by atoms with Crippen LogP contribution in [0.15, 0.2) is 22.6 Å². The summed E-state index contributed by atoms with van der Waals surface area (Å²) in [6.07, 6.45) is 1.90. The molecule has 1 heterocycles. The minimum Gasteiger partial charge on any atom is -0.403 e. The lowest BCUT2D eigenvalue weighted by atomic mass is 10.1. The first-order chi connectivity index (χ1) is 9.13. The molecular formula is C14H15N3O2. The number of hydrogen-bond acceptors (Lipinski definition) is 4. The van der Waals surface area contributed by atoms with Gasteiger partial charge < -0.3 is 4.42 Å². The number of aryl methyl sites for hydroxylation is 2. The zero-order chi connectivity index (χ0) is 13.4. The van der Waals surface area contributed by atoms with Crippen LogP contribution < -0.4 is 5.32 Å². The monoisotopic (exact) mass is 257 g/mol. The van der Waals surface area contributed by atoms with Crippen molar-refractivity contribution in [2.75, 3.05) is 5.32 Å². The van der Waals surface area contributed by atoms with Gasteiger partial charge in [0.2, 0.25) is 11.8 Å². The van der Waals surface area contributed by atoms with Crippen LogP contribution in [0.3, 0.4) is 0 Å². The maximum Gasteiger partial charge on any atom is 0.322 e. The molecule has 1 aromatic carbocycles. The van der Waals surface area contributed by atoms with Gasteiger partial charge in [-0.1, -0.05) is 11.2 Å². The molecular weight excluding hydrogens is 242 g/mol. The summed E-state index contributed by atoms with van der Waals surface area (Å²) in [4.78, 5) is 11.6. The summed E-state index contributed by atoms with van der Waals surface area (Å²) in [7, 11) is 0. The second-order valence-electron chi connectivity index (χ2n) is 4.97. The highest BCUT2D eigenvalue weighted by atomic mass is 16.4. The number of aromatic nitrogens is 2. The molecule has 1 amide bonds. The fourth-order valence-corrected chi connectivity index (χ4v) is 1.82. The molecule has 0 unspecified atom stereocenters. The number of nitrogens with zero attached hydrogens (tertiary/aromatic N) is 2. The van der Waals surface area contributed by atoms with Crippen LogP contribution in [0.2, 0.25) is 0 Å². The zero-order valence-corrected chi connectivity index (χ0v) is 10.9. The second-order valence-corrected chi connectivity index (χ2v) is 4.97. The van der Waals surface area contributed by atoms with E-state index in [4.69, 9.17) is 4.42 Å². The highest BCUT2D eigenvalue weighted by Gasteiger charge is 2.30. The third kappa shape index (κ3) is 2.50. The van der Waals surface area contributed by atoms with Gasteiger partial charge in [-0.15, -0.1) is 5.10 Å². The van der Waals surface area contributed by atoms with Crippen LogP contribution >= 0.6 is 0 Å². The summed E-state index contributed by atoms with van der Waals surface area (Å²) in [5.74, 6) is 0.515. The fraction of sp³-hybridized carbons (Fsp3) is 0.357. The summed E-state index contributed by atoms with van der Waals surface area (Å²) in [5, 5.41) is 10.4. The second kappa shape index (κ2) is 4.50. The largest absolute Gasteiger partial charge is 0.403 e. The Morgan fingerprint density at radius 1 is 1.26 bits per heavy atom. The molecule has 1 aliphatic carbocycles. The number of carbonyl (C=O) groups is 1. The van der Waals surface area contributed by atoms with Crippen molar-refractivity contribution < 1.29 is 9.21 Å². The smallest absolute Gasteiger partial charge is 0.322 e. The van der Waals surface area contributed by atoms with Crippen molar-refractivity contribution >= 4 is 11.9 Å². The van der Waals surface area contributed by atoms with E-state index in [1.54, 1.807) is 0 Å². The lowest BCUT2D eigenvalue weighted by Crippen LogP contribution is -2.13. The fourth-order valence-electron chi connectivity index (χ4n) is 1.82. The Kier molecular flexibility index (Phi) is 2.81. The third-order valence-electron chi connectivity index (χ3n) is 3.36. The van der Waals surface area contributed by atoms with E-state index in [1.807, 2.05) is 32.0 Å². The quantitative estimate of drug-likeness (QED) is 0.917. The lowest BCUT2D eigenvalue weighted by Gasteiger charge is -2.01. The number of hydrogen-bond donors (Lipinski definition) is 1. The average Bonchev–Trinajstić information content (AvgIpc) is 3.14. The van der Waals surface area contributed by atoms with Gasteiger partial charge in [-0.2, -0.15) is 0 Å². The molecule has 3 rings (SSSR count). The number of amides is 1. The van der Waals surface area contributed by atoms with Crippen LogP contribution in [0.25, 0.3) is 11.5 Å². The third-order valence-corrected chi connectivity index (χ3v) is 3.36. The van der Waals surface area contributed by atoms with Gasteiger partial charge in [-0.25, -0.2) is 0 Å². The Hall–Kier alpha value is -2.17. The van der Waals surface area contributed by atoms with Crippen LogP contribution in [0.1, 0.15) is 24.0 Å². The standard InChI is InChI=1S/C14H15N3O2/c1-8-3-4-11(7-9(8)2)13-16-17-14(19-13)15-12(18)10-5-6-10/h3-4,7,10H,5-6H2,1-2H3,(H,15,17,18). The van der Waals surface area contributed by atoms with E-state index in [9.17, 15) is 4.79 Å². The van der Waals surface area contributed by atoms with Crippen molar-refractivity contribution in [2.45, 2.75) is 26.7 Å². The van der Waals surface area contributed by atoms with E-state index >= 15 is 0 Å². The molecule has 1 aliphatic rings. The van der Waals surface area contributed by atoms with Crippen molar-refractivity contribution in [2.24, 2.45) is 5.92 Å². The molecule has 5 heteroatoms. The average molecular weight is 257 g/mol. The Morgan fingerprint density at radius 2 is 2.05 bits per heavy atom. The molecule has 0 spiro atoms. The molecule has 1 aromatic heterocycles. The first-order valence-corrected chi connectivity index (χ1v) is 6.35. The maximum atomic E-state index is 11.6. The minimum atomic E-state index is -0.0321. The molecule has 0 atom stereocenters. The van der Waals surface area contributed by atoms with Crippen LogP contribution in [0, 0.1) is 19.8 Å². The topological polar surface area (TPSA) is 68.0 Å². The molecule has 1 N–H and O–H groups in total. The number of rotatable bonds is 3. The summed E-state index contributed by atoms with van der Waals surface area (Å²) >= 11 is 0. The molecule has 1 saturated carbocycles. The summed E-state index contributed by atoms with van der Waals surface area (Å²) in [6, 6.07) is 6.11. The summed E-state index contributed by atoms with van der Waals surface area (Å²) in [6.45, 7) is 4.08. The highest BCUT2D eigenvalue weighted by molar-refractivity contribution is 5.92. The van der Waals surface area contributed by atoms with E-state index in [1.165, 1.54) is 11.1 Å². The van der Waals surface area contributed by atoms with Crippen LogP contribution in [-0.4, -0.2) is 16.1 Å². The molecule has 0 aliphatic heterocycles. The van der Waals surface area contributed by atoms with Gasteiger partial charge in [0.05, 0.1) is 0 Å². The molecule has 0 saturated heterocycles. The van der Waals surface area contributed by atoms with Crippen LogP contribution in [-0.2, 0) is 4.79 Å². The predicted octanol–water partition coefficient (Wildman–Crippen LogP) is 2.70. The van der Waals surface area contributed by atoms with Gasteiger partial charge in [0, 0.05) is 11.5 Å². The van der Waals surface area contributed by atoms with Gasteiger partial charge in [0.1, 0.15) is 0 Å². The van der Waals surface area contributed by atoms with Crippen molar-refractivity contribution in [1.82, 2.24) is 10.2 Å². The van der Waals surface area contributed by atoms with E-state index in [0.29, 0.717) is 5.89 Å². The lowest BCUT2D eigenvalue weighted by molar-refractivity contribution is -0.117. The van der Waals surface area contributed by atoms with Gasteiger partial charge in [-0.3, -0.25) is 10.1 Å². The Labute approximate surface area is 111 Å². The normalized spacial score (nSPS) is 14.4. The van der Waals surface area contributed by atoms with Gasteiger partial charge >= 0.3 is 6.01 Å². The molecule has 2 aromatic rings. The first kappa shape index (κ1) is 11.9. The van der Waals surface area contributed by atoms with Crippen molar-refractivity contribution in [3.05, 3.63) is 29.3 Å². The number of benzene rings is 1. The molecule has 98 valence electrons. The van der Waals surface area contributed by atoms with Crippen LogP contribution in [0.5, 0.6) is 0 Å². The van der Waals surface area contributed by atoms with Gasteiger partial charge in [0.25, 0.3) is 0 Å². The van der Waals surface area contributed by atoms with Crippen molar-refractivity contribution in [3.63, 3.8) is 0 Å². The van der Waals surface area contributed by atoms with Crippen LogP contribution in [0.4, 0.5) is 6.01 Å². The van der Waals surface area contributed by atoms with E-state index in [2.05, 4.69) is 15.5 Å². The number of nitrogens with one attached hydrogen (secondary N) is 1. The highest BCUT2D eigenvalue weighted by Crippen LogP contribution is 2.30. The number of anilines is 1. The Balaban J connectivity index is 1.79.